The summed E-state index contributed by atoms with van der Waals surface area (Å²) in [5, 5.41) is 2.97. The van der Waals surface area contributed by atoms with Gasteiger partial charge in [-0.15, -0.1) is 11.3 Å². The fourth-order valence-corrected chi connectivity index (χ4v) is 3.27. The third-order valence-electron chi connectivity index (χ3n) is 3.47. The number of hydrogen-bond acceptors (Lipinski definition) is 4. The molecule has 2 heterocycles. The minimum Gasteiger partial charge on any atom is -0.368 e. The van der Waals surface area contributed by atoms with E-state index in [1.807, 2.05) is 23.6 Å². The topological polar surface area (TPSA) is 59.2 Å². The van der Waals surface area contributed by atoms with Gasteiger partial charge in [0, 0.05) is 18.1 Å². The standard InChI is InChI=1S/C14H15N3OS/c15-14(18)13-11-4-2-1-3-10(11)5-7-17(13)9-12-16-6-8-19-12/h1-4,6,8,13H,5,7,9H2,(H2,15,18). The van der Waals surface area contributed by atoms with Crippen molar-refractivity contribution in [3.63, 3.8) is 0 Å². The average molecular weight is 273 g/mol. The Bertz CT molecular complexity index is 582. The molecule has 0 bridgehead atoms. The molecule has 4 nitrogen and oxygen atoms in total. The van der Waals surface area contributed by atoms with Gasteiger partial charge in [-0.3, -0.25) is 9.69 Å². The number of nitrogens with zero attached hydrogens (tertiary/aromatic N) is 2. The molecule has 1 amide bonds. The first-order chi connectivity index (χ1) is 9.25. The number of carbonyl (C=O) groups is 1. The maximum atomic E-state index is 11.8. The molecule has 19 heavy (non-hydrogen) atoms. The Balaban J connectivity index is 1.92. The van der Waals surface area contributed by atoms with Crippen molar-refractivity contribution in [3.8, 4) is 0 Å². The zero-order valence-corrected chi connectivity index (χ0v) is 11.3. The van der Waals surface area contributed by atoms with Crippen molar-refractivity contribution in [1.29, 1.82) is 0 Å². The van der Waals surface area contributed by atoms with E-state index in [-0.39, 0.29) is 11.9 Å². The minimum absolute atomic E-state index is 0.288. The van der Waals surface area contributed by atoms with Crippen LogP contribution in [0.25, 0.3) is 0 Å². The zero-order chi connectivity index (χ0) is 13.2. The second-order valence-electron chi connectivity index (χ2n) is 4.65. The van der Waals surface area contributed by atoms with Crippen LogP contribution in [-0.4, -0.2) is 22.3 Å². The Hall–Kier alpha value is -1.72. The summed E-state index contributed by atoms with van der Waals surface area (Å²) in [6.45, 7) is 1.52. The van der Waals surface area contributed by atoms with E-state index in [0.29, 0.717) is 6.54 Å². The van der Waals surface area contributed by atoms with Crippen molar-refractivity contribution < 1.29 is 4.79 Å². The molecule has 0 fully saturated rings. The maximum absolute atomic E-state index is 11.8. The van der Waals surface area contributed by atoms with Crippen LogP contribution in [0.1, 0.15) is 22.2 Å². The van der Waals surface area contributed by atoms with Crippen molar-refractivity contribution in [1.82, 2.24) is 9.88 Å². The van der Waals surface area contributed by atoms with Crippen LogP contribution >= 0.6 is 11.3 Å². The summed E-state index contributed by atoms with van der Waals surface area (Å²) in [6.07, 6.45) is 2.74. The smallest absolute Gasteiger partial charge is 0.239 e. The summed E-state index contributed by atoms with van der Waals surface area (Å²) in [6, 6.07) is 7.70. The predicted octanol–water partition coefficient (Wildman–Crippen LogP) is 1.73. The van der Waals surface area contributed by atoms with Crippen LogP contribution in [-0.2, 0) is 17.8 Å². The van der Waals surface area contributed by atoms with Crippen molar-refractivity contribution in [2.24, 2.45) is 5.73 Å². The number of carbonyl (C=O) groups excluding carboxylic acids is 1. The molecule has 1 aliphatic rings. The van der Waals surface area contributed by atoms with Crippen LogP contribution in [0.15, 0.2) is 35.8 Å². The van der Waals surface area contributed by atoms with E-state index in [1.165, 1.54) is 5.56 Å². The molecule has 98 valence electrons. The molecule has 0 aliphatic carbocycles. The number of aromatic nitrogens is 1. The van der Waals surface area contributed by atoms with Gasteiger partial charge in [-0.25, -0.2) is 4.98 Å². The molecule has 1 atom stereocenters. The van der Waals surface area contributed by atoms with Gasteiger partial charge < -0.3 is 5.73 Å². The molecule has 0 radical (unpaired) electrons. The van der Waals surface area contributed by atoms with E-state index >= 15 is 0 Å². The van der Waals surface area contributed by atoms with E-state index in [2.05, 4.69) is 16.0 Å². The van der Waals surface area contributed by atoms with Gasteiger partial charge in [0.05, 0.1) is 6.54 Å². The van der Waals surface area contributed by atoms with E-state index in [4.69, 9.17) is 5.73 Å². The van der Waals surface area contributed by atoms with E-state index in [0.717, 1.165) is 23.5 Å². The van der Waals surface area contributed by atoms with Gasteiger partial charge in [0.2, 0.25) is 5.91 Å². The summed E-state index contributed by atoms with van der Waals surface area (Å²) in [5.41, 5.74) is 7.87. The summed E-state index contributed by atoms with van der Waals surface area (Å²) in [5.74, 6) is -0.288. The summed E-state index contributed by atoms with van der Waals surface area (Å²) >= 11 is 1.61. The lowest BCUT2D eigenvalue weighted by Crippen LogP contribution is -2.42. The molecule has 3 rings (SSSR count). The average Bonchev–Trinajstić information content (AvgIpc) is 2.91. The lowest BCUT2D eigenvalue weighted by Gasteiger charge is -2.34. The number of nitrogens with two attached hydrogens (primary N) is 1. The van der Waals surface area contributed by atoms with Crippen LogP contribution in [0.4, 0.5) is 0 Å². The lowest BCUT2D eigenvalue weighted by atomic mass is 9.92. The maximum Gasteiger partial charge on any atom is 0.239 e. The molecule has 2 N–H and O–H groups in total. The molecule has 5 heteroatoms. The van der Waals surface area contributed by atoms with Crippen LogP contribution < -0.4 is 5.73 Å². The normalized spacial score (nSPS) is 19.1. The van der Waals surface area contributed by atoms with Crippen LogP contribution in [0.3, 0.4) is 0 Å². The molecule has 0 spiro atoms. The first kappa shape index (κ1) is 12.3. The molecular weight excluding hydrogens is 258 g/mol. The SMILES string of the molecule is NC(=O)C1c2ccccc2CCN1Cc1nccs1. The van der Waals surface area contributed by atoms with Gasteiger partial charge in [-0.1, -0.05) is 24.3 Å². The third-order valence-corrected chi connectivity index (χ3v) is 4.24. The highest BCUT2D eigenvalue weighted by Gasteiger charge is 2.31. The summed E-state index contributed by atoms with van der Waals surface area (Å²) in [7, 11) is 0. The molecule has 1 aromatic heterocycles. The first-order valence-corrected chi connectivity index (χ1v) is 7.13. The highest BCUT2D eigenvalue weighted by molar-refractivity contribution is 7.09. The van der Waals surface area contributed by atoms with Gasteiger partial charge in [0.15, 0.2) is 0 Å². The Labute approximate surface area is 115 Å². The molecular formula is C14H15N3OS. The number of thiazole rings is 1. The highest BCUT2D eigenvalue weighted by Crippen LogP contribution is 2.30. The third kappa shape index (κ3) is 2.39. The zero-order valence-electron chi connectivity index (χ0n) is 10.5. The predicted molar refractivity (Wildman–Crippen MR) is 74.6 cm³/mol. The van der Waals surface area contributed by atoms with Gasteiger partial charge in [-0.05, 0) is 17.5 Å². The van der Waals surface area contributed by atoms with Gasteiger partial charge >= 0.3 is 0 Å². The van der Waals surface area contributed by atoms with Crippen LogP contribution in [0.2, 0.25) is 0 Å². The number of rotatable bonds is 3. The molecule has 1 aromatic carbocycles. The molecule has 2 aromatic rings. The first-order valence-electron chi connectivity index (χ1n) is 6.25. The Morgan fingerprint density at radius 3 is 3.05 bits per heavy atom. The number of hydrogen-bond donors (Lipinski definition) is 1. The second-order valence-corrected chi connectivity index (χ2v) is 5.63. The van der Waals surface area contributed by atoms with Crippen LogP contribution in [0.5, 0.6) is 0 Å². The minimum atomic E-state index is -0.339. The number of fused-ring (bicyclic) bond motifs is 1. The van der Waals surface area contributed by atoms with Crippen molar-refractivity contribution >= 4 is 17.2 Å². The second kappa shape index (κ2) is 5.11. The number of benzene rings is 1. The fraction of sp³-hybridized carbons (Fsp3) is 0.286. The monoisotopic (exact) mass is 273 g/mol. The van der Waals surface area contributed by atoms with Gasteiger partial charge in [0.1, 0.15) is 11.0 Å². The lowest BCUT2D eigenvalue weighted by molar-refractivity contribution is -0.124. The van der Waals surface area contributed by atoms with E-state index in [9.17, 15) is 4.79 Å². The summed E-state index contributed by atoms with van der Waals surface area (Å²) in [4.78, 5) is 18.2. The number of primary amides is 1. The van der Waals surface area contributed by atoms with Crippen LogP contribution in [0, 0.1) is 0 Å². The fourth-order valence-electron chi connectivity index (χ4n) is 2.63. The van der Waals surface area contributed by atoms with E-state index in [1.54, 1.807) is 17.5 Å². The Morgan fingerprint density at radius 2 is 2.32 bits per heavy atom. The largest absolute Gasteiger partial charge is 0.368 e. The summed E-state index contributed by atoms with van der Waals surface area (Å²) < 4.78 is 0. The van der Waals surface area contributed by atoms with Gasteiger partial charge in [0.25, 0.3) is 0 Å². The van der Waals surface area contributed by atoms with Gasteiger partial charge in [-0.2, -0.15) is 0 Å². The Morgan fingerprint density at radius 1 is 1.47 bits per heavy atom. The van der Waals surface area contributed by atoms with Crippen molar-refractivity contribution in [2.75, 3.05) is 6.54 Å². The quantitative estimate of drug-likeness (QED) is 0.926. The Kier molecular flexibility index (Phi) is 3.31. The molecule has 0 saturated heterocycles. The molecule has 1 aliphatic heterocycles. The highest BCUT2D eigenvalue weighted by atomic mass is 32.1. The number of amides is 1. The van der Waals surface area contributed by atoms with Crippen molar-refractivity contribution in [3.05, 3.63) is 52.0 Å². The van der Waals surface area contributed by atoms with E-state index < -0.39 is 0 Å². The molecule has 0 saturated carbocycles. The molecule has 1 unspecified atom stereocenters. The van der Waals surface area contributed by atoms with Crippen molar-refractivity contribution in [2.45, 2.75) is 19.0 Å².